The van der Waals surface area contributed by atoms with E-state index in [2.05, 4.69) is 0 Å². The third-order valence-electron chi connectivity index (χ3n) is 7.31. The van der Waals surface area contributed by atoms with Gasteiger partial charge in [0, 0.05) is 43.7 Å². The summed E-state index contributed by atoms with van der Waals surface area (Å²) >= 11 is 0. The first-order chi connectivity index (χ1) is 18.2. The molecular weight excluding hydrogens is 507 g/mol. The molecule has 2 fully saturated rings. The molecule has 0 aliphatic carbocycles. The smallest absolute Gasteiger partial charge is 0.308 e. The number of aliphatic hydroxyl groups is 1. The molecule has 5 rings (SSSR count). The fourth-order valence-electron chi connectivity index (χ4n) is 5.43. The van der Waals surface area contributed by atoms with Crippen LogP contribution in [-0.4, -0.2) is 53.7 Å². The topological polar surface area (TPSA) is 88.8 Å². The Bertz CT molecular complexity index is 1410. The number of benzene rings is 2. The maximum absolute atomic E-state index is 14.1. The molecule has 2 atom stereocenters. The van der Waals surface area contributed by atoms with E-state index in [4.69, 9.17) is 4.74 Å². The van der Waals surface area contributed by atoms with E-state index < -0.39 is 28.2 Å². The van der Waals surface area contributed by atoms with Crippen molar-refractivity contribution in [3.05, 3.63) is 66.1 Å². The zero-order valence-corrected chi connectivity index (χ0v) is 22.5. The molecule has 38 heavy (non-hydrogen) atoms. The van der Waals surface area contributed by atoms with Gasteiger partial charge >= 0.3 is 5.97 Å². The van der Waals surface area contributed by atoms with Crippen molar-refractivity contribution in [3.8, 4) is 22.4 Å². The number of aliphatic hydroxyl groups excluding tert-OH is 1. The van der Waals surface area contributed by atoms with Crippen LogP contribution in [0.1, 0.15) is 51.1 Å². The van der Waals surface area contributed by atoms with Gasteiger partial charge in [0.15, 0.2) is 0 Å². The lowest BCUT2D eigenvalue weighted by atomic mass is 10.0. The Morgan fingerprint density at radius 1 is 1.05 bits per heavy atom. The number of esters is 1. The number of hydrogen-bond acceptors (Lipinski definition) is 5. The summed E-state index contributed by atoms with van der Waals surface area (Å²) in [6.45, 7) is 5.24. The highest BCUT2D eigenvalue weighted by Crippen LogP contribution is 2.46. The molecular formula is C29H33FN2O5S. The quantitative estimate of drug-likeness (QED) is 0.409. The molecule has 7 nitrogen and oxygen atoms in total. The minimum atomic E-state index is -3.82. The highest BCUT2D eigenvalue weighted by atomic mass is 32.2. The van der Waals surface area contributed by atoms with Gasteiger partial charge < -0.3 is 14.4 Å². The van der Waals surface area contributed by atoms with Crippen molar-refractivity contribution in [1.82, 2.24) is 8.87 Å². The van der Waals surface area contributed by atoms with E-state index in [0.717, 1.165) is 12.0 Å². The molecule has 2 aliphatic rings. The van der Waals surface area contributed by atoms with Gasteiger partial charge in [0.2, 0.25) is 10.0 Å². The highest BCUT2D eigenvalue weighted by Gasteiger charge is 2.39. The van der Waals surface area contributed by atoms with Gasteiger partial charge in [0.25, 0.3) is 0 Å². The first kappa shape index (κ1) is 26.6. The van der Waals surface area contributed by atoms with Crippen LogP contribution in [0.25, 0.3) is 22.4 Å². The Hall–Kier alpha value is -3.01. The fourth-order valence-corrected chi connectivity index (χ4v) is 7.51. The predicted molar refractivity (Wildman–Crippen MR) is 142 cm³/mol. The summed E-state index contributed by atoms with van der Waals surface area (Å²) in [6, 6.07) is 15.5. The number of rotatable bonds is 8. The van der Waals surface area contributed by atoms with Crippen LogP contribution in [0.3, 0.4) is 0 Å². The Kier molecular flexibility index (Phi) is 7.44. The second kappa shape index (κ2) is 10.6. The van der Waals surface area contributed by atoms with E-state index in [1.54, 1.807) is 12.1 Å². The van der Waals surface area contributed by atoms with E-state index in [9.17, 15) is 22.7 Å². The molecule has 2 aromatic carbocycles. The van der Waals surface area contributed by atoms with Gasteiger partial charge in [-0.05, 0) is 47.7 Å². The number of aromatic nitrogens is 1. The fraction of sp³-hybridized carbons (Fsp3) is 0.414. The van der Waals surface area contributed by atoms with Gasteiger partial charge in [-0.15, -0.1) is 0 Å². The van der Waals surface area contributed by atoms with Crippen molar-refractivity contribution in [1.29, 1.82) is 0 Å². The molecule has 3 aromatic rings. The van der Waals surface area contributed by atoms with Gasteiger partial charge in [-0.3, -0.25) is 4.79 Å². The van der Waals surface area contributed by atoms with Crippen molar-refractivity contribution in [3.63, 3.8) is 0 Å². The highest BCUT2D eigenvalue weighted by molar-refractivity contribution is 7.89. The third-order valence-corrected chi connectivity index (χ3v) is 9.28. The van der Waals surface area contributed by atoms with Crippen molar-refractivity contribution in [2.45, 2.75) is 69.1 Å². The molecule has 202 valence electrons. The molecule has 0 bridgehead atoms. The number of hydrogen-bond donors (Lipinski definition) is 1. The van der Waals surface area contributed by atoms with Crippen LogP contribution in [0.15, 0.2) is 59.5 Å². The van der Waals surface area contributed by atoms with E-state index in [-0.39, 0.29) is 23.1 Å². The summed E-state index contributed by atoms with van der Waals surface area (Å²) in [5.74, 6) is -0.971. The average Bonchev–Trinajstić information content (AvgIpc) is 3.18. The van der Waals surface area contributed by atoms with Crippen molar-refractivity contribution >= 4 is 16.0 Å². The number of cyclic esters (lactones) is 1. The summed E-state index contributed by atoms with van der Waals surface area (Å²) in [7, 11) is -3.82. The van der Waals surface area contributed by atoms with E-state index in [0.29, 0.717) is 55.0 Å². The summed E-state index contributed by atoms with van der Waals surface area (Å²) in [6.07, 6.45) is 0.301. The third kappa shape index (κ3) is 5.02. The average molecular weight is 541 g/mol. The lowest BCUT2D eigenvalue weighted by Gasteiger charge is -2.31. The predicted octanol–water partition coefficient (Wildman–Crippen LogP) is 4.94. The lowest BCUT2D eigenvalue weighted by molar-refractivity contribution is -0.160. The minimum Gasteiger partial charge on any atom is -0.462 e. The Labute approximate surface area is 222 Å². The number of halogens is 1. The molecule has 1 aromatic heterocycles. The summed E-state index contributed by atoms with van der Waals surface area (Å²) in [4.78, 5) is 12.2. The molecule has 2 saturated heterocycles. The van der Waals surface area contributed by atoms with Gasteiger partial charge in [-0.1, -0.05) is 44.2 Å². The lowest BCUT2D eigenvalue weighted by Crippen LogP contribution is -2.42. The molecule has 0 saturated carbocycles. The molecule has 0 amide bonds. The van der Waals surface area contributed by atoms with Crippen molar-refractivity contribution in [2.75, 3.05) is 13.1 Å². The van der Waals surface area contributed by atoms with Gasteiger partial charge in [0.1, 0.15) is 16.8 Å². The second-order valence-corrected chi connectivity index (χ2v) is 12.2. The Morgan fingerprint density at radius 2 is 1.74 bits per heavy atom. The van der Waals surface area contributed by atoms with E-state index in [1.807, 2.05) is 48.7 Å². The summed E-state index contributed by atoms with van der Waals surface area (Å²) in [5, 5.41) is 10.1. The van der Waals surface area contributed by atoms with Crippen LogP contribution in [0.4, 0.5) is 4.39 Å². The monoisotopic (exact) mass is 540 g/mol. The summed E-state index contributed by atoms with van der Waals surface area (Å²) in [5.41, 5.74) is 3.39. The normalized spacial score (nSPS) is 20.4. The molecule has 0 radical (unpaired) electrons. The number of sulfonamides is 1. The van der Waals surface area contributed by atoms with Crippen molar-refractivity contribution in [2.24, 2.45) is 0 Å². The van der Waals surface area contributed by atoms with Crippen molar-refractivity contribution < 1.29 is 27.4 Å². The molecule has 1 N–H and O–H groups in total. The zero-order valence-electron chi connectivity index (χ0n) is 21.6. The minimum absolute atomic E-state index is 0.0194. The first-order valence-electron chi connectivity index (χ1n) is 13.1. The number of ether oxygens (including phenoxy) is 1. The Morgan fingerprint density at radius 3 is 2.32 bits per heavy atom. The van der Waals surface area contributed by atoms with Crippen LogP contribution in [0.5, 0.6) is 0 Å². The van der Waals surface area contributed by atoms with E-state index in [1.165, 1.54) is 16.4 Å². The Balaban J connectivity index is 1.75. The summed E-state index contributed by atoms with van der Waals surface area (Å²) < 4.78 is 51.2. The van der Waals surface area contributed by atoms with E-state index >= 15 is 0 Å². The van der Waals surface area contributed by atoms with Crippen LogP contribution in [-0.2, 0) is 26.1 Å². The largest absolute Gasteiger partial charge is 0.462 e. The first-order valence-corrected chi connectivity index (χ1v) is 14.6. The van der Waals surface area contributed by atoms with Gasteiger partial charge in [-0.2, -0.15) is 4.31 Å². The zero-order chi connectivity index (χ0) is 27.0. The molecule has 0 spiro atoms. The molecule has 3 heterocycles. The molecule has 1 unspecified atom stereocenters. The maximum Gasteiger partial charge on any atom is 0.308 e. The SMILES string of the molecule is CC(C)c1c(S(=O)(=O)N2CCC2)c(-c2ccccc2)c(-c2ccc(F)cc2)n1CCC1C[C@@H](O)CC(=O)O1. The van der Waals surface area contributed by atoms with Gasteiger partial charge in [-0.25, -0.2) is 12.8 Å². The van der Waals surface area contributed by atoms with Crippen LogP contribution in [0.2, 0.25) is 0 Å². The van der Waals surface area contributed by atoms with Crippen LogP contribution < -0.4 is 0 Å². The maximum atomic E-state index is 14.1. The standard InChI is InChI=1S/C29H33FN2O5S/c1-19(2)27-29(38(35,36)31-14-6-15-31)26(20-7-4-3-5-8-20)28(21-9-11-22(30)12-10-21)32(27)16-13-24-17-23(33)18-25(34)37-24/h3-5,7-12,19,23-24,33H,6,13-18H2,1-2H3/t23-,24?/m1/s1. The van der Waals surface area contributed by atoms with Crippen LogP contribution >= 0.6 is 0 Å². The van der Waals surface area contributed by atoms with Gasteiger partial charge in [0.05, 0.1) is 18.2 Å². The second-order valence-electron chi connectivity index (χ2n) is 10.4. The number of carbonyl (C=O) groups excluding carboxylic acids is 1. The molecule has 2 aliphatic heterocycles. The number of carbonyl (C=O) groups is 1. The van der Waals surface area contributed by atoms with Crippen LogP contribution in [0, 0.1) is 5.82 Å². The number of nitrogens with zero attached hydrogens (tertiary/aromatic N) is 2. The molecule has 9 heteroatoms.